The van der Waals surface area contributed by atoms with Crippen LogP contribution in [0, 0.1) is 0 Å². The summed E-state index contributed by atoms with van der Waals surface area (Å²) in [6.45, 7) is 2.27. The van der Waals surface area contributed by atoms with E-state index in [1.54, 1.807) is 6.07 Å². The van der Waals surface area contributed by atoms with E-state index in [9.17, 15) is 4.79 Å². The van der Waals surface area contributed by atoms with E-state index in [0.717, 1.165) is 12.0 Å². The van der Waals surface area contributed by atoms with Crippen molar-refractivity contribution in [2.45, 2.75) is 13.3 Å². The minimum absolute atomic E-state index is 0.0861. The number of rotatable bonds is 4. The highest BCUT2D eigenvalue weighted by atomic mass is 35.5. The smallest absolute Gasteiger partial charge is 0.378 e. The summed E-state index contributed by atoms with van der Waals surface area (Å²) in [6, 6.07) is 7.34. The Bertz CT molecular complexity index is 798. The number of hydrogen-bond donors (Lipinski definition) is 0. The lowest BCUT2D eigenvalue weighted by Gasteiger charge is -1.99. The topological polar surface area (TPSA) is 69.4 Å². The lowest BCUT2D eigenvalue weighted by atomic mass is 10.2. The summed E-state index contributed by atoms with van der Waals surface area (Å²) in [5.41, 5.74) is 0.867. The van der Waals surface area contributed by atoms with Crippen LogP contribution in [0.15, 0.2) is 24.3 Å². The minimum atomic E-state index is -0.521. The molecule has 3 rings (SSSR count). The predicted molar refractivity (Wildman–Crippen MR) is 79.7 cm³/mol. The molecule has 0 aliphatic heterocycles. The third-order valence-corrected chi connectivity index (χ3v) is 3.87. The van der Waals surface area contributed by atoms with E-state index in [-0.39, 0.29) is 5.82 Å². The number of nitrogens with zero attached hydrogens (tertiary/aromatic N) is 4. The Morgan fingerprint density at radius 3 is 3.05 bits per heavy atom. The van der Waals surface area contributed by atoms with Crippen LogP contribution in [0.1, 0.15) is 24.0 Å². The lowest BCUT2D eigenvalue weighted by Crippen LogP contribution is -2.11. The summed E-state index contributed by atoms with van der Waals surface area (Å²) in [4.78, 5) is 12.4. The molecule has 2 heterocycles. The first kappa shape index (κ1) is 14.0. The number of hydrogen-bond acceptors (Lipinski definition) is 6. The van der Waals surface area contributed by atoms with Crippen LogP contribution in [0.4, 0.5) is 0 Å². The summed E-state index contributed by atoms with van der Waals surface area (Å²) < 4.78 is 6.46. The van der Waals surface area contributed by atoms with Crippen LogP contribution < -0.4 is 0 Å². The highest BCUT2D eigenvalue weighted by molar-refractivity contribution is 7.19. The molecule has 0 saturated heterocycles. The van der Waals surface area contributed by atoms with Gasteiger partial charge in [0, 0.05) is 10.6 Å². The fourth-order valence-corrected chi connectivity index (χ4v) is 2.77. The third-order valence-electron chi connectivity index (χ3n) is 2.68. The zero-order valence-corrected chi connectivity index (χ0v) is 12.7. The first-order chi connectivity index (χ1) is 10.2. The highest BCUT2D eigenvalue weighted by Gasteiger charge is 2.19. The SMILES string of the molecule is CCCOC(=O)c1nnc2sc(-c3cccc(Cl)c3)nn12. The molecule has 3 aromatic rings. The van der Waals surface area contributed by atoms with Crippen molar-refractivity contribution in [1.82, 2.24) is 19.8 Å². The Morgan fingerprint density at radius 1 is 1.43 bits per heavy atom. The number of aromatic nitrogens is 4. The van der Waals surface area contributed by atoms with Crippen molar-refractivity contribution in [3.8, 4) is 10.6 Å². The molecular formula is C13H11ClN4O2S. The van der Waals surface area contributed by atoms with Crippen molar-refractivity contribution in [3.63, 3.8) is 0 Å². The molecule has 1 aromatic carbocycles. The van der Waals surface area contributed by atoms with Gasteiger partial charge in [-0.15, -0.1) is 10.2 Å². The van der Waals surface area contributed by atoms with Gasteiger partial charge in [0.1, 0.15) is 5.01 Å². The summed E-state index contributed by atoms with van der Waals surface area (Å²) in [5, 5.41) is 13.5. The zero-order valence-electron chi connectivity index (χ0n) is 11.1. The lowest BCUT2D eigenvalue weighted by molar-refractivity contribution is 0.0487. The van der Waals surface area contributed by atoms with Crippen molar-refractivity contribution >= 4 is 33.9 Å². The predicted octanol–water partition coefficient (Wildman–Crippen LogP) is 3.07. The molecule has 0 fully saturated rings. The molecular weight excluding hydrogens is 312 g/mol. The fraction of sp³-hybridized carbons (Fsp3) is 0.231. The van der Waals surface area contributed by atoms with Gasteiger partial charge in [-0.2, -0.15) is 9.61 Å². The van der Waals surface area contributed by atoms with Crippen molar-refractivity contribution in [2.24, 2.45) is 0 Å². The largest absolute Gasteiger partial charge is 0.460 e. The number of carbonyl (C=O) groups excluding carboxylic acids is 1. The van der Waals surface area contributed by atoms with Gasteiger partial charge < -0.3 is 4.74 Å². The molecule has 8 heteroatoms. The van der Waals surface area contributed by atoms with Gasteiger partial charge in [0.2, 0.25) is 4.96 Å². The average molecular weight is 323 g/mol. The molecule has 0 aliphatic rings. The van der Waals surface area contributed by atoms with E-state index in [2.05, 4.69) is 15.3 Å². The molecule has 0 amide bonds. The Labute approximate surface area is 129 Å². The van der Waals surface area contributed by atoms with Crippen LogP contribution in [0.3, 0.4) is 0 Å². The van der Waals surface area contributed by atoms with E-state index in [0.29, 0.717) is 21.6 Å². The van der Waals surface area contributed by atoms with Crippen LogP contribution in [0.2, 0.25) is 5.02 Å². The van der Waals surface area contributed by atoms with Gasteiger partial charge in [0.05, 0.1) is 6.61 Å². The number of carbonyl (C=O) groups is 1. The minimum Gasteiger partial charge on any atom is -0.460 e. The summed E-state index contributed by atoms with van der Waals surface area (Å²) >= 11 is 7.31. The molecule has 0 bridgehead atoms. The maximum Gasteiger partial charge on any atom is 0.378 e. The van der Waals surface area contributed by atoms with E-state index in [1.165, 1.54) is 15.9 Å². The van der Waals surface area contributed by atoms with Gasteiger partial charge in [0.25, 0.3) is 5.82 Å². The third kappa shape index (κ3) is 2.74. The van der Waals surface area contributed by atoms with E-state index in [1.807, 2.05) is 25.1 Å². The Balaban J connectivity index is 1.98. The van der Waals surface area contributed by atoms with Crippen LogP contribution >= 0.6 is 22.9 Å². The molecule has 0 aliphatic carbocycles. The summed E-state index contributed by atoms with van der Waals surface area (Å²) in [5.74, 6) is -0.435. The van der Waals surface area contributed by atoms with Crippen LogP contribution in [0.25, 0.3) is 15.5 Å². The summed E-state index contributed by atoms with van der Waals surface area (Å²) in [6.07, 6.45) is 0.749. The van der Waals surface area contributed by atoms with Gasteiger partial charge in [0.15, 0.2) is 0 Å². The van der Waals surface area contributed by atoms with E-state index in [4.69, 9.17) is 16.3 Å². The first-order valence-corrected chi connectivity index (χ1v) is 7.54. The van der Waals surface area contributed by atoms with Crippen LogP contribution in [-0.4, -0.2) is 32.4 Å². The van der Waals surface area contributed by atoms with E-state index < -0.39 is 5.97 Å². The number of halogens is 1. The standard InChI is InChI=1S/C13H11ClN4O2S/c1-2-6-20-12(19)10-15-16-13-18(10)17-11(21-13)8-4-3-5-9(14)7-8/h3-5,7H,2,6H2,1H3. The molecule has 21 heavy (non-hydrogen) atoms. The van der Waals surface area contributed by atoms with Gasteiger partial charge in [-0.25, -0.2) is 4.79 Å². The molecule has 0 N–H and O–H groups in total. The molecule has 0 radical (unpaired) electrons. The number of benzene rings is 1. The maximum absolute atomic E-state index is 11.9. The van der Waals surface area contributed by atoms with Gasteiger partial charge in [-0.3, -0.25) is 0 Å². The van der Waals surface area contributed by atoms with Crippen LogP contribution in [0.5, 0.6) is 0 Å². The van der Waals surface area contributed by atoms with Crippen molar-refractivity contribution in [3.05, 3.63) is 35.1 Å². The molecule has 0 unspecified atom stereocenters. The monoisotopic (exact) mass is 322 g/mol. The zero-order chi connectivity index (χ0) is 14.8. The quantitative estimate of drug-likeness (QED) is 0.690. The summed E-state index contributed by atoms with van der Waals surface area (Å²) in [7, 11) is 0. The second-order valence-corrected chi connectivity index (χ2v) is 5.66. The second-order valence-electron chi connectivity index (χ2n) is 4.27. The van der Waals surface area contributed by atoms with Gasteiger partial charge >= 0.3 is 5.97 Å². The molecule has 6 nitrogen and oxygen atoms in total. The second kappa shape index (κ2) is 5.79. The Hall–Kier alpha value is -1.99. The van der Waals surface area contributed by atoms with Crippen molar-refractivity contribution in [2.75, 3.05) is 6.61 Å². The molecule has 108 valence electrons. The van der Waals surface area contributed by atoms with Crippen molar-refractivity contribution < 1.29 is 9.53 Å². The van der Waals surface area contributed by atoms with Crippen molar-refractivity contribution in [1.29, 1.82) is 0 Å². The average Bonchev–Trinajstić information content (AvgIpc) is 3.04. The molecule has 2 aromatic heterocycles. The van der Waals surface area contributed by atoms with Crippen LogP contribution in [-0.2, 0) is 4.74 Å². The highest BCUT2D eigenvalue weighted by Crippen LogP contribution is 2.27. The fourth-order valence-electron chi connectivity index (χ4n) is 1.74. The Morgan fingerprint density at radius 2 is 2.29 bits per heavy atom. The molecule has 0 atom stereocenters. The first-order valence-electron chi connectivity index (χ1n) is 6.34. The number of fused-ring (bicyclic) bond motifs is 1. The Kier molecular flexibility index (Phi) is 3.85. The maximum atomic E-state index is 11.9. The van der Waals surface area contributed by atoms with Gasteiger partial charge in [-0.1, -0.05) is 42.0 Å². The molecule has 0 saturated carbocycles. The van der Waals surface area contributed by atoms with E-state index >= 15 is 0 Å². The molecule has 0 spiro atoms. The number of ether oxygens (including phenoxy) is 1. The normalized spacial score (nSPS) is 11.0. The van der Waals surface area contributed by atoms with Gasteiger partial charge in [-0.05, 0) is 18.6 Å². The number of esters is 1.